The molecule has 0 aromatic heterocycles. The minimum Gasteiger partial charge on any atom is -0.324 e. The van der Waals surface area contributed by atoms with E-state index >= 15 is 0 Å². The van der Waals surface area contributed by atoms with E-state index in [9.17, 15) is 18.5 Å². The van der Waals surface area contributed by atoms with Crippen molar-refractivity contribution >= 4 is 28.1 Å². The predicted molar refractivity (Wildman–Crippen MR) is 90.3 cm³/mol. The first-order valence-corrected chi connectivity index (χ1v) is 8.75. The van der Waals surface area contributed by atoms with Gasteiger partial charge in [-0.3, -0.25) is 10.1 Å². The van der Waals surface area contributed by atoms with Crippen LogP contribution >= 0.6 is 12.4 Å². The van der Waals surface area contributed by atoms with Gasteiger partial charge in [0.05, 0.1) is 9.82 Å². The maximum atomic E-state index is 12.4. The first kappa shape index (κ1) is 19.8. The number of nitrogens with zero attached hydrogens (tertiary/aromatic N) is 1. The molecule has 1 aromatic rings. The maximum Gasteiger partial charge on any atom is 0.270 e. The second kappa shape index (κ2) is 7.57. The Morgan fingerprint density at radius 2 is 1.91 bits per heavy atom. The molecule has 9 heteroatoms. The van der Waals surface area contributed by atoms with Crippen LogP contribution in [0.3, 0.4) is 0 Å². The van der Waals surface area contributed by atoms with E-state index in [1.54, 1.807) is 6.92 Å². The number of nitrogens with one attached hydrogen (secondary N) is 1. The molecule has 23 heavy (non-hydrogen) atoms. The molecule has 1 aliphatic carbocycles. The van der Waals surface area contributed by atoms with Gasteiger partial charge in [-0.05, 0) is 25.3 Å². The van der Waals surface area contributed by atoms with Crippen molar-refractivity contribution in [1.82, 2.24) is 4.72 Å². The Kier molecular flexibility index (Phi) is 6.52. The summed E-state index contributed by atoms with van der Waals surface area (Å²) in [6.07, 6.45) is 4.67. The molecular weight excluding hydrogens is 342 g/mol. The molecule has 0 saturated heterocycles. The molecule has 3 N–H and O–H groups in total. The van der Waals surface area contributed by atoms with Crippen molar-refractivity contribution in [3.05, 3.63) is 33.9 Å². The molecule has 2 rings (SSSR count). The van der Waals surface area contributed by atoms with Gasteiger partial charge in [0.2, 0.25) is 10.0 Å². The van der Waals surface area contributed by atoms with Crippen LogP contribution in [0.15, 0.2) is 23.1 Å². The second-order valence-corrected chi connectivity index (χ2v) is 7.69. The molecule has 0 aliphatic heterocycles. The molecule has 1 aliphatic rings. The van der Waals surface area contributed by atoms with Gasteiger partial charge in [0.25, 0.3) is 5.69 Å². The Labute approximate surface area is 142 Å². The average molecular weight is 364 g/mol. The topological polar surface area (TPSA) is 115 Å². The summed E-state index contributed by atoms with van der Waals surface area (Å²) in [6, 6.07) is 3.81. The molecule has 7 nitrogen and oxygen atoms in total. The molecule has 1 fully saturated rings. The summed E-state index contributed by atoms with van der Waals surface area (Å²) in [6.45, 7) is 1.76. The highest BCUT2D eigenvalue weighted by Gasteiger charge is 2.30. The smallest absolute Gasteiger partial charge is 0.270 e. The highest BCUT2D eigenvalue weighted by Crippen LogP contribution is 2.26. The molecule has 130 valence electrons. The Morgan fingerprint density at radius 1 is 1.30 bits per heavy atom. The number of benzene rings is 1. The standard InChI is InChI=1S/C14H21N3O4S.ClH/c1-11-5-6-12(17(18)19)9-13(11)22(20,21)16-10-14(15)7-3-2-4-8-14;/h5-6,9,16H,2-4,7-8,10,15H2,1H3;1H. The van der Waals surface area contributed by atoms with E-state index in [2.05, 4.69) is 4.72 Å². The molecule has 1 saturated carbocycles. The first-order valence-electron chi connectivity index (χ1n) is 7.27. The Balaban J connectivity index is 0.00000264. The summed E-state index contributed by atoms with van der Waals surface area (Å²) in [5.74, 6) is 0. The normalized spacial score (nSPS) is 17.3. The van der Waals surface area contributed by atoms with Gasteiger partial charge in [-0.2, -0.15) is 0 Å². The van der Waals surface area contributed by atoms with Crippen LogP contribution < -0.4 is 10.5 Å². The van der Waals surface area contributed by atoms with Crippen LogP contribution in [0, 0.1) is 17.0 Å². The van der Waals surface area contributed by atoms with Crippen molar-refractivity contribution in [2.45, 2.75) is 49.5 Å². The molecule has 0 heterocycles. The third kappa shape index (κ3) is 4.87. The molecule has 0 unspecified atom stereocenters. The van der Waals surface area contributed by atoms with Crippen LogP contribution in [0.2, 0.25) is 0 Å². The number of aryl methyl sites for hydroxylation is 1. The Morgan fingerprint density at radius 3 is 2.48 bits per heavy atom. The fraction of sp³-hybridized carbons (Fsp3) is 0.571. The van der Waals surface area contributed by atoms with Crippen LogP contribution in [-0.2, 0) is 10.0 Å². The second-order valence-electron chi connectivity index (χ2n) is 5.95. The lowest BCUT2D eigenvalue weighted by molar-refractivity contribution is -0.385. The number of nitro groups is 1. The maximum absolute atomic E-state index is 12.4. The molecule has 1 aromatic carbocycles. The van der Waals surface area contributed by atoms with Crippen LogP contribution in [0.25, 0.3) is 0 Å². The number of nitrogens with two attached hydrogens (primary N) is 1. The highest BCUT2D eigenvalue weighted by molar-refractivity contribution is 7.89. The van der Waals surface area contributed by atoms with E-state index in [-0.39, 0.29) is 29.5 Å². The Hall–Kier alpha value is -1.22. The van der Waals surface area contributed by atoms with E-state index < -0.39 is 20.5 Å². The minimum atomic E-state index is -3.82. The molecule has 0 bridgehead atoms. The van der Waals surface area contributed by atoms with Gasteiger partial charge in [0, 0.05) is 24.2 Å². The molecule has 0 spiro atoms. The third-order valence-electron chi connectivity index (χ3n) is 4.14. The SMILES string of the molecule is Cc1ccc([N+](=O)[O-])cc1S(=O)(=O)NCC1(N)CCCCC1.Cl. The van der Waals surface area contributed by atoms with E-state index in [1.807, 2.05) is 0 Å². The van der Waals surface area contributed by atoms with Crippen molar-refractivity contribution in [2.24, 2.45) is 5.73 Å². The van der Waals surface area contributed by atoms with E-state index in [0.29, 0.717) is 5.56 Å². The number of non-ortho nitro benzene ring substituents is 1. The van der Waals surface area contributed by atoms with Gasteiger partial charge in [-0.15, -0.1) is 12.4 Å². The third-order valence-corrected chi connectivity index (χ3v) is 5.68. The number of rotatable bonds is 5. The summed E-state index contributed by atoms with van der Waals surface area (Å²) in [7, 11) is -3.82. The van der Waals surface area contributed by atoms with Crippen LogP contribution in [0.5, 0.6) is 0 Å². The zero-order chi connectivity index (χ0) is 16.4. The lowest BCUT2D eigenvalue weighted by Crippen LogP contribution is -2.51. The number of hydrogen-bond donors (Lipinski definition) is 2. The van der Waals surface area contributed by atoms with Gasteiger partial charge < -0.3 is 5.73 Å². The number of nitro benzene ring substituents is 1. The summed E-state index contributed by atoms with van der Waals surface area (Å²) in [5.41, 5.74) is 5.92. The molecule has 0 radical (unpaired) electrons. The quantitative estimate of drug-likeness (QED) is 0.615. The summed E-state index contributed by atoms with van der Waals surface area (Å²) in [4.78, 5) is 10.1. The van der Waals surface area contributed by atoms with Gasteiger partial charge in [-0.25, -0.2) is 13.1 Å². The molecular formula is C14H22ClN3O4S. The molecule has 0 atom stereocenters. The fourth-order valence-corrected chi connectivity index (χ4v) is 4.14. The van der Waals surface area contributed by atoms with Crippen molar-refractivity contribution in [3.8, 4) is 0 Å². The lowest BCUT2D eigenvalue weighted by Gasteiger charge is -2.33. The zero-order valence-electron chi connectivity index (χ0n) is 12.9. The van der Waals surface area contributed by atoms with Gasteiger partial charge in [0.1, 0.15) is 0 Å². The number of sulfonamides is 1. The summed E-state index contributed by atoms with van der Waals surface area (Å²) in [5, 5.41) is 10.8. The molecule has 0 amide bonds. The van der Waals surface area contributed by atoms with Crippen LogP contribution in [-0.4, -0.2) is 25.4 Å². The highest BCUT2D eigenvalue weighted by atomic mass is 35.5. The van der Waals surface area contributed by atoms with Gasteiger partial charge in [-0.1, -0.05) is 25.3 Å². The minimum absolute atomic E-state index is 0. The van der Waals surface area contributed by atoms with Crippen molar-refractivity contribution in [1.29, 1.82) is 0 Å². The predicted octanol–water partition coefficient (Wildman–Crippen LogP) is 2.26. The average Bonchev–Trinajstić information content (AvgIpc) is 2.46. The van der Waals surface area contributed by atoms with E-state index in [1.165, 1.54) is 12.1 Å². The van der Waals surface area contributed by atoms with E-state index in [4.69, 9.17) is 5.73 Å². The number of halogens is 1. The van der Waals surface area contributed by atoms with Crippen molar-refractivity contribution in [2.75, 3.05) is 6.54 Å². The van der Waals surface area contributed by atoms with Crippen molar-refractivity contribution < 1.29 is 13.3 Å². The zero-order valence-corrected chi connectivity index (χ0v) is 14.6. The van der Waals surface area contributed by atoms with Crippen LogP contribution in [0.1, 0.15) is 37.7 Å². The van der Waals surface area contributed by atoms with Gasteiger partial charge in [0.15, 0.2) is 0 Å². The van der Waals surface area contributed by atoms with Crippen molar-refractivity contribution in [3.63, 3.8) is 0 Å². The van der Waals surface area contributed by atoms with Crippen LogP contribution in [0.4, 0.5) is 5.69 Å². The number of hydrogen-bond acceptors (Lipinski definition) is 5. The summed E-state index contributed by atoms with van der Waals surface area (Å²) < 4.78 is 27.4. The first-order chi connectivity index (χ1) is 10.2. The summed E-state index contributed by atoms with van der Waals surface area (Å²) >= 11 is 0. The largest absolute Gasteiger partial charge is 0.324 e. The Bertz CT molecular complexity index is 673. The van der Waals surface area contributed by atoms with Gasteiger partial charge >= 0.3 is 0 Å². The monoisotopic (exact) mass is 363 g/mol. The lowest BCUT2D eigenvalue weighted by atomic mass is 9.83. The fourth-order valence-electron chi connectivity index (χ4n) is 2.74. The van der Waals surface area contributed by atoms with E-state index in [0.717, 1.165) is 38.2 Å².